The normalized spacial score (nSPS) is 14.1. The second kappa shape index (κ2) is 10.7. The lowest BCUT2D eigenvalue weighted by Crippen LogP contribution is -2.46. The van der Waals surface area contributed by atoms with E-state index in [1.54, 1.807) is 12.1 Å². The van der Waals surface area contributed by atoms with E-state index in [0.29, 0.717) is 42.3 Å². The number of amides is 2. The second-order valence-corrected chi connectivity index (χ2v) is 7.53. The van der Waals surface area contributed by atoms with Crippen molar-refractivity contribution >= 4 is 11.8 Å². The van der Waals surface area contributed by atoms with Gasteiger partial charge in [-0.2, -0.15) is 0 Å². The summed E-state index contributed by atoms with van der Waals surface area (Å²) in [7, 11) is 4.56. The molecule has 0 saturated carbocycles. The van der Waals surface area contributed by atoms with Gasteiger partial charge in [-0.05, 0) is 37.0 Å². The summed E-state index contributed by atoms with van der Waals surface area (Å²) >= 11 is 0. The number of carbonyl (C=O) groups is 2. The first kappa shape index (κ1) is 22.5. The predicted octanol–water partition coefficient (Wildman–Crippen LogP) is 3.07. The van der Waals surface area contributed by atoms with E-state index in [4.69, 9.17) is 14.2 Å². The van der Waals surface area contributed by atoms with E-state index in [2.05, 4.69) is 5.32 Å². The highest BCUT2D eigenvalue weighted by molar-refractivity contribution is 5.95. The van der Waals surface area contributed by atoms with Crippen molar-refractivity contribution in [2.75, 3.05) is 34.4 Å². The van der Waals surface area contributed by atoms with Gasteiger partial charge in [-0.3, -0.25) is 9.59 Å². The van der Waals surface area contributed by atoms with Crippen molar-refractivity contribution in [3.63, 3.8) is 0 Å². The van der Waals surface area contributed by atoms with E-state index in [-0.39, 0.29) is 17.9 Å². The number of carbonyl (C=O) groups excluding carboxylic acids is 2. The third-order valence-electron chi connectivity index (χ3n) is 5.58. The van der Waals surface area contributed by atoms with Gasteiger partial charge in [0.15, 0.2) is 11.5 Å². The molecule has 0 aromatic heterocycles. The zero-order chi connectivity index (χ0) is 22.2. The molecule has 2 aromatic rings. The minimum absolute atomic E-state index is 0.0183. The maximum absolute atomic E-state index is 12.8. The van der Waals surface area contributed by atoms with Crippen LogP contribution in [0.15, 0.2) is 42.5 Å². The summed E-state index contributed by atoms with van der Waals surface area (Å²) in [6.45, 7) is 1.29. The van der Waals surface area contributed by atoms with Gasteiger partial charge in [0.2, 0.25) is 11.7 Å². The van der Waals surface area contributed by atoms with Crippen LogP contribution in [-0.2, 0) is 11.2 Å². The number of likely N-dealkylation sites (tertiary alicyclic amines) is 1. The number of aryl methyl sites for hydroxylation is 1. The summed E-state index contributed by atoms with van der Waals surface area (Å²) in [6, 6.07) is 13.3. The molecular weight excluding hydrogens is 396 g/mol. The number of nitrogens with zero attached hydrogens (tertiary/aromatic N) is 1. The van der Waals surface area contributed by atoms with Crippen molar-refractivity contribution in [3.8, 4) is 17.2 Å². The topological polar surface area (TPSA) is 77.1 Å². The van der Waals surface area contributed by atoms with Gasteiger partial charge < -0.3 is 24.4 Å². The van der Waals surface area contributed by atoms with Crippen LogP contribution < -0.4 is 19.5 Å². The minimum Gasteiger partial charge on any atom is -0.493 e. The predicted molar refractivity (Wildman–Crippen MR) is 118 cm³/mol. The molecule has 1 saturated heterocycles. The minimum atomic E-state index is -0.201. The standard InChI is InChI=1S/C24H30N2O5/c1-29-20-15-18(16-21(30-2)23(20)31-3)24(28)25-19-11-13-26(14-12-19)22(27)10-9-17-7-5-4-6-8-17/h4-8,15-16,19H,9-14H2,1-3H3,(H,25,28). The fourth-order valence-electron chi connectivity index (χ4n) is 3.81. The van der Waals surface area contributed by atoms with Crippen molar-refractivity contribution in [1.29, 1.82) is 0 Å². The van der Waals surface area contributed by atoms with Gasteiger partial charge in [0.25, 0.3) is 5.91 Å². The maximum Gasteiger partial charge on any atom is 0.251 e. The molecular formula is C24H30N2O5. The van der Waals surface area contributed by atoms with Crippen LogP contribution in [0.3, 0.4) is 0 Å². The van der Waals surface area contributed by atoms with Crippen LogP contribution >= 0.6 is 0 Å². The molecule has 2 aromatic carbocycles. The van der Waals surface area contributed by atoms with Gasteiger partial charge >= 0.3 is 0 Å². The Kier molecular flexibility index (Phi) is 7.76. The van der Waals surface area contributed by atoms with E-state index < -0.39 is 0 Å². The molecule has 1 heterocycles. The largest absolute Gasteiger partial charge is 0.493 e. The number of piperidine rings is 1. The highest BCUT2D eigenvalue weighted by atomic mass is 16.5. The van der Waals surface area contributed by atoms with E-state index in [1.807, 2.05) is 35.2 Å². The molecule has 0 radical (unpaired) electrons. The number of methoxy groups -OCH3 is 3. The summed E-state index contributed by atoms with van der Waals surface area (Å²) < 4.78 is 16.0. The number of ether oxygens (including phenoxy) is 3. The van der Waals surface area contributed by atoms with Gasteiger partial charge in [-0.25, -0.2) is 0 Å². The van der Waals surface area contributed by atoms with Gasteiger partial charge in [0.1, 0.15) is 0 Å². The molecule has 31 heavy (non-hydrogen) atoms. The SMILES string of the molecule is COc1cc(C(=O)NC2CCN(C(=O)CCc3ccccc3)CC2)cc(OC)c1OC. The Morgan fingerprint density at radius 2 is 1.58 bits per heavy atom. The summed E-state index contributed by atoms with van der Waals surface area (Å²) in [5.41, 5.74) is 1.61. The number of benzene rings is 2. The Bertz CT molecular complexity index is 867. The molecule has 0 unspecified atom stereocenters. The van der Waals surface area contributed by atoms with Crippen molar-refractivity contribution in [2.45, 2.75) is 31.7 Å². The fraction of sp³-hybridized carbons (Fsp3) is 0.417. The highest BCUT2D eigenvalue weighted by Crippen LogP contribution is 2.38. The smallest absolute Gasteiger partial charge is 0.251 e. The molecule has 1 aliphatic heterocycles. The zero-order valence-corrected chi connectivity index (χ0v) is 18.3. The number of nitrogens with one attached hydrogen (secondary N) is 1. The van der Waals surface area contributed by atoms with Crippen LogP contribution in [0.4, 0.5) is 0 Å². The zero-order valence-electron chi connectivity index (χ0n) is 18.3. The van der Waals surface area contributed by atoms with Crippen molar-refractivity contribution in [1.82, 2.24) is 10.2 Å². The Labute approximate surface area is 183 Å². The third-order valence-corrected chi connectivity index (χ3v) is 5.58. The monoisotopic (exact) mass is 426 g/mol. The van der Waals surface area contributed by atoms with Gasteiger partial charge in [-0.15, -0.1) is 0 Å². The van der Waals surface area contributed by atoms with Gasteiger partial charge in [0.05, 0.1) is 21.3 Å². The summed E-state index contributed by atoms with van der Waals surface area (Å²) in [6.07, 6.45) is 2.71. The first-order chi connectivity index (χ1) is 15.0. The Balaban J connectivity index is 1.52. The Morgan fingerprint density at radius 3 is 2.13 bits per heavy atom. The molecule has 3 rings (SSSR count). The lowest BCUT2D eigenvalue weighted by atomic mass is 10.0. The summed E-state index contributed by atoms with van der Waals surface area (Å²) in [5, 5.41) is 3.06. The van der Waals surface area contributed by atoms with Crippen LogP contribution in [-0.4, -0.2) is 57.2 Å². The van der Waals surface area contributed by atoms with Crippen molar-refractivity contribution in [2.24, 2.45) is 0 Å². The molecule has 0 atom stereocenters. The van der Waals surface area contributed by atoms with Gasteiger partial charge in [-0.1, -0.05) is 30.3 Å². The van der Waals surface area contributed by atoms with Crippen molar-refractivity contribution < 1.29 is 23.8 Å². The average molecular weight is 427 g/mol. The summed E-state index contributed by atoms with van der Waals surface area (Å²) in [4.78, 5) is 27.2. The average Bonchev–Trinajstić information content (AvgIpc) is 2.82. The molecule has 166 valence electrons. The van der Waals surface area contributed by atoms with Crippen LogP contribution in [0, 0.1) is 0 Å². The lowest BCUT2D eigenvalue weighted by Gasteiger charge is -2.32. The highest BCUT2D eigenvalue weighted by Gasteiger charge is 2.25. The number of hydrogen-bond acceptors (Lipinski definition) is 5. The van der Waals surface area contributed by atoms with Crippen LogP contribution in [0.5, 0.6) is 17.2 Å². The molecule has 0 spiro atoms. The first-order valence-electron chi connectivity index (χ1n) is 10.5. The third kappa shape index (κ3) is 5.69. The Hall–Kier alpha value is -3.22. The van der Waals surface area contributed by atoms with E-state index in [9.17, 15) is 9.59 Å². The van der Waals surface area contributed by atoms with E-state index in [0.717, 1.165) is 19.3 Å². The van der Waals surface area contributed by atoms with E-state index in [1.165, 1.54) is 26.9 Å². The first-order valence-corrected chi connectivity index (χ1v) is 10.5. The number of rotatable bonds is 8. The van der Waals surface area contributed by atoms with Crippen molar-refractivity contribution in [3.05, 3.63) is 53.6 Å². The molecule has 2 amide bonds. The van der Waals surface area contributed by atoms with E-state index >= 15 is 0 Å². The summed E-state index contributed by atoms with van der Waals surface area (Å²) in [5.74, 6) is 1.28. The second-order valence-electron chi connectivity index (χ2n) is 7.53. The van der Waals surface area contributed by atoms with Crippen LogP contribution in [0.25, 0.3) is 0 Å². The molecule has 7 heteroatoms. The van der Waals surface area contributed by atoms with Crippen LogP contribution in [0.2, 0.25) is 0 Å². The molecule has 0 aliphatic carbocycles. The fourth-order valence-corrected chi connectivity index (χ4v) is 3.81. The van der Waals surface area contributed by atoms with Gasteiger partial charge in [0, 0.05) is 31.1 Å². The lowest BCUT2D eigenvalue weighted by molar-refractivity contribution is -0.132. The molecule has 0 bridgehead atoms. The Morgan fingerprint density at radius 1 is 0.968 bits per heavy atom. The number of hydrogen-bond donors (Lipinski definition) is 1. The molecule has 1 aliphatic rings. The quantitative estimate of drug-likeness (QED) is 0.702. The maximum atomic E-state index is 12.8. The molecule has 1 fully saturated rings. The molecule has 1 N–H and O–H groups in total. The van der Waals surface area contributed by atoms with Crippen LogP contribution in [0.1, 0.15) is 35.2 Å². The molecule has 7 nitrogen and oxygen atoms in total.